The maximum absolute atomic E-state index is 11.9. The van der Waals surface area contributed by atoms with Gasteiger partial charge < -0.3 is 10.1 Å². The van der Waals surface area contributed by atoms with Gasteiger partial charge in [-0.15, -0.1) is 0 Å². The van der Waals surface area contributed by atoms with Crippen LogP contribution >= 0.6 is 0 Å². The highest BCUT2D eigenvalue weighted by Crippen LogP contribution is 2.13. The highest BCUT2D eigenvalue weighted by molar-refractivity contribution is 8.07. The van der Waals surface area contributed by atoms with Gasteiger partial charge in [-0.25, -0.2) is 12.6 Å². The lowest BCUT2D eigenvalue weighted by Crippen LogP contribution is -2.22. The highest BCUT2D eigenvalue weighted by atomic mass is 32.2. The molecule has 0 aliphatic carbocycles. The summed E-state index contributed by atoms with van der Waals surface area (Å²) in [7, 11) is -4.02. The van der Waals surface area contributed by atoms with E-state index in [2.05, 4.69) is 4.79 Å². The van der Waals surface area contributed by atoms with Crippen LogP contribution in [0.2, 0.25) is 0 Å². The van der Waals surface area contributed by atoms with Gasteiger partial charge in [-0.05, 0) is 19.1 Å². The van der Waals surface area contributed by atoms with Gasteiger partial charge in [-0.3, -0.25) is 0 Å². The van der Waals surface area contributed by atoms with Gasteiger partial charge in [0.15, 0.2) is 16.8 Å². The predicted octanol–water partition coefficient (Wildman–Crippen LogP) is 0.619. The molecule has 0 aliphatic rings. The molecule has 17 heavy (non-hydrogen) atoms. The molecule has 0 aromatic heterocycles. The quantitative estimate of drug-likeness (QED) is 0.286. The standard InChI is InChI=1S/C9H10N2O4S2/c1-7-2-4-8(5-3-7)17(14,15)9(11-10)6-16(12)13/h2-5H,6H2,1H3,(H,12,13). The molecule has 1 atom stereocenters. The van der Waals surface area contributed by atoms with Crippen LogP contribution in [0.15, 0.2) is 29.2 Å². The van der Waals surface area contributed by atoms with E-state index >= 15 is 0 Å². The van der Waals surface area contributed by atoms with Gasteiger partial charge in [-0.1, -0.05) is 17.7 Å². The average molecular weight is 274 g/mol. The Hall–Kier alpha value is -1.34. The molecule has 8 heteroatoms. The lowest BCUT2D eigenvalue weighted by Gasteiger charge is -1.99. The second-order valence-corrected chi connectivity index (χ2v) is 6.16. The van der Waals surface area contributed by atoms with Crippen LogP contribution in [0.1, 0.15) is 5.56 Å². The molecule has 0 saturated heterocycles. The Morgan fingerprint density at radius 2 is 1.94 bits per heavy atom. The molecule has 1 aromatic rings. The minimum absolute atomic E-state index is 0.0821. The fourth-order valence-corrected chi connectivity index (χ4v) is 3.19. The fourth-order valence-electron chi connectivity index (χ4n) is 1.12. The van der Waals surface area contributed by atoms with Gasteiger partial charge in [0.05, 0.1) is 4.90 Å². The van der Waals surface area contributed by atoms with Gasteiger partial charge in [-0.2, -0.15) is 4.79 Å². The molecular weight excluding hydrogens is 264 g/mol. The zero-order valence-electron chi connectivity index (χ0n) is 8.90. The lowest BCUT2D eigenvalue weighted by atomic mass is 10.2. The smallest absolute Gasteiger partial charge is 0.360 e. The van der Waals surface area contributed by atoms with E-state index < -0.39 is 31.7 Å². The Morgan fingerprint density at radius 1 is 1.41 bits per heavy atom. The Balaban J connectivity index is 3.23. The summed E-state index contributed by atoms with van der Waals surface area (Å²) in [6.45, 7) is 1.79. The second-order valence-electron chi connectivity index (χ2n) is 3.28. The van der Waals surface area contributed by atoms with Crippen LogP contribution in [0.4, 0.5) is 0 Å². The van der Waals surface area contributed by atoms with E-state index in [1.807, 2.05) is 0 Å². The van der Waals surface area contributed by atoms with Crippen LogP contribution in [0.25, 0.3) is 5.53 Å². The Morgan fingerprint density at radius 3 is 2.35 bits per heavy atom. The summed E-state index contributed by atoms with van der Waals surface area (Å²) in [6, 6.07) is 5.85. The maximum atomic E-state index is 11.9. The van der Waals surface area contributed by atoms with Gasteiger partial charge in [0.1, 0.15) is 0 Å². The molecule has 0 aliphatic heterocycles. The molecule has 0 amide bonds. The molecular formula is C9H10N2O4S2. The molecule has 0 saturated carbocycles. The second kappa shape index (κ2) is 5.33. The zero-order chi connectivity index (χ0) is 13.1. The Kier molecular flexibility index (Phi) is 4.30. The summed E-state index contributed by atoms with van der Waals surface area (Å²) in [5.41, 5.74) is 9.46. The van der Waals surface area contributed by atoms with Gasteiger partial charge in [0, 0.05) is 0 Å². The van der Waals surface area contributed by atoms with Crippen molar-refractivity contribution in [2.24, 2.45) is 0 Å². The third-order valence-corrected chi connectivity index (χ3v) is 4.44. The van der Waals surface area contributed by atoms with Gasteiger partial charge >= 0.3 is 5.04 Å². The van der Waals surface area contributed by atoms with Crippen molar-refractivity contribution in [2.45, 2.75) is 11.8 Å². The van der Waals surface area contributed by atoms with E-state index in [1.165, 1.54) is 12.1 Å². The van der Waals surface area contributed by atoms with Crippen molar-refractivity contribution < 1.29 is 22.0 Å². The van der Waals surface area contributed by atoms with Crippen molar-refractivity contribution in [1.29, 1.82) is 0 Å². The summed E-state index contributed by atoms with van der Waals surface area (Å²) < 4.78 is 42.9. The summed E-state index contributed by atoms with van der Waals surface area (Å²) in [4.78, 5) is 2.49. The van der Waals surface area contributed by atoms with E-state index in [-0.39, 0.29) is 4.90 Å². The molecule has 92 valence electrons. The number of hydrogen-bond donors (Lipinski definition) is 1. The summed E-state index contributed by atoms with van der Waals surface area (Å²) >= 11 is -2.39. The Bertz CT molecular complexity index is 586. The van der Waals surface area contributed by atoms with Crippen LogP contribution in [0.3, 0.4) is 0 Å². The van der Waals surface area contributed by atoms with Crippen LogP contribution in [0.5, 0.6) is 0 Å². The van der Waals surface area contributed by atoms with Crippen molar-refractivity contribution in [3.63, 3.8) is 0 Å². The first-order valence-electron chi connectivity index (χ1n) is 4.48. The van der Waals surface area contributed by atoms with Crippen molar-refractivity contribution >= 4 is 26.0 Å². The minimum Gasteiger partial charge on any atom is -0.360 e. The molecule has 0 radical (unpaired) electrons. The van der Waals surface area contributed by atoms with Crippen molar-refractivity contribution in [3.05, 3.63) is 35.4 Å². The lowest BCUT2D eigenvalue weighted by molar-refractivity contribution is -0.000839. The molecule has 1 unspecified atom stereocenters. The topological polar surface area (TPSA) is 108 Å². The molecule has 0 bridgehead atoms. The van der Waals surface area contributed by atoms with Crippen LogP contribution in [-0.4, -0.2) is 32.8 Å². The van der Waals surface area contributed by atoms with Gasteiger partial charge in [0.25, 0.3) is 9.84 Å². The van der Waals surface area contributed by atoms with E-state index in [0.29, 0.717) is 0 Å². The SMILES string of the molecule is Cc1ccc(S(=O)(=O)C(CS(=O)O)=[N+]=[N-])cc1. The largest absolute Gasteiger partial charge is 0.400 e. The minimum atomic E-state index is -4.02. The molecule has 0 spiro atoms. The molecule has 6 nitrogen and oxygen atoms in total. The average Bonchev–Trinajstić information content (AvgIpc) is 2.26. The number of benzene rings is 1. The van der Waals surface area contributed by atoms with E-state index in [9.17, 15) is 12.6 Å². The molecule has 1 rings (SSSR count). The third kappa shape index (κ3) is 3.31. The van der Waals surface area contributed by atoms with E-state index in [1.54, 1.807) is 19.1 Å². The van der Waals surface area contributed by atoms with Crippen LogP contribution < -0.4 is 0 Å². The molecule has 0 heterocycles. The Labute approximate surface area is 101 Å². The molecule has 0 fully saturated rings. The predicted molar refractivity (Wildman–Crippen MR) is 62.6 cm³/mol. The molecule has 1 aromatic carbocycles. The fraction of sp³-hybridized carbons (Fsp3) is 0.222. The first-order valence-corrected chi connectivity index (χ1v) is 7.24. The number of hydrogen-bond acceptors (Lipinski definition) is 3. The third-order valence-electron chi connectivity index (χ3n) is 2.00. The number of sulfone groups is 1. The van der Waals surface area contributed by atoms with Crippen molar-refractivity contribution in [3.8, 4) is 0 Å². The van der Waals surface area contributed by atoms with Crippen molar-refractivity contribution in [2.75, 3.05) is 5.75 Å². The van der Waals surface area contributed by atoms with E-state index in [4.69, 9.17) is 10.1 Å². The maximum Gasteiger partial charge on any atom is 0.400 e. The monoisotopic (exact) mass is 274 g/mol. The summed E-state index contributed by atoms with van der Waals surface area (Å²) in [5.74, 6) is -0.743. The summed E-state index contributed by atoms with van der Waals surface area (Å²) in [6.07, 6.45) is 0. The number of aryl methyl sites for hydroxylation is 1. The normalized spacial score (nSPS) is 12.8. The van der Waals surface area contributed by atoms with Crippen LogP contribution in [0, 0.1) is 6.92 Å². The number of nitrogens with zero attached hydrogens (tertiary/aromatic N) is 2. The van der Waals surface area contributed by atoms with Crippen LogP contribution in [-0.2, 0) is 20.9 Å². The first-order chi connectivity index (χ1) is 7.87. The highest BCUT2D eigenvalue weighted by Gasteiger charge is 2.31. The van der Waals surface area contributed by atoms with E-state index in [0.717, 1.165) is 5.56 Å². The van der Waals surface area contributed by atoms with Gasteiger partial charge in [0.2, 0.25) is 0 Å². The summed E-state index contributed by atoms with van der Waals surface area (Å²) in [5, 5.41) is -0.734. The molecule has 1 N–H and O–H groups in total. The zero-order valence-corrected chi connectivity index (χ0v) is 10.5. The first kappa shape index (κ1) is 13.7. The van der Waals surface area contributed by atoms with Crippen molar-refractivity contribution in [1.82, 2.24) is 0 Å². The number of rotatable bonds is 3.